The number of hydrogen-bond donors (Lipinski definition) is 1. The Morgan fingerprint density at radius 2 is 2.00 bits per heavy atom. The fraction of sp³-hybridized carbons (Fsp3) is 0.917. The molecule has 3 heteroatoms. The maximum Gasteiger partial charge on any atom is 0.228 e. The highest BCUT2D eigenvalue weighted by Crippen LogP contribution is 2.46. The molecule has 2 aliphatic rings. The molecule has 2 rings (SSSR count). The van der Waals surface area contributed by atoms with Crippen LogP contribution in [0.15, 0.2) is 0 Å². The molecule has 1 aliphatic carbocycles. The van der Waals surface area contributed by atoms with E-state index < -0.39 is 0 Å². The summed E-state index contributed by atoms with van der Waals surface area (Å²) < 4.78 is 0. The molecule has 0 aromatic rings. The van der Waals surface area contributed by atoms with Crippen molar-refractivity contribution in [2.75, 3.05) is 26.7 Å². The smallest absolute Gasteiger partial charge is 0.228 e. The van der Waals surface area contributed by atoms with Crippen molar-refractivity contribution >= 4 is 5.91 Å². The third kappa shape index (κ3) is 2.33. The molecule has 0 atom stereocenters. The molecule has 1 heterocycles. The third-order valence-corrected chi connectivity index (χ3v) is 3.91. The van der Waals surface area contributed by atoms with Gasteiger partial charge in [0.05, 0.1) is 0 Å². The fourth-order valence-corrected chi connectivity index (χ4v) is 2.41. The predicted octanol–water partition coefficient (Wildman–Crippen LogP) is 1.24. The molecule has 0 unspecified atom stereocenters. The Bertz CT molecular complexity index is 240. The number of rotatable bonds is 3. The Morgan fingerprint density at radius 1 is 1.40 bits per heavy atom. The molecule has 0 aromatic heterocycles. The highest BCUT2D eigenvalue weighted by atomic mass is 16.2. The molecule has 0 spiro atoms. The molecule has 86 valence electrons. The zero-order valence-electron chi connectivity index (χ0n) is 9.88. The zero-order valence-corrected chi connectivity index (χ0v) is 9.88. The highest BCUT2D eigenvalue weighted by Gasteiger charge is 2.47. The molecule has 1 amide bonds. The van der Waals surface area contributed by atoms with Gasteiger partial charge in [0.2, 0.25) is 5.91 Å². The van der Waals surface area contributed by atoms with Crippen molar-refractivity contribution in [2.24, 2.45) is 11.3 Å². The monoisotopic (exact) mass is 210 g/mol. The predicted molar refractivity (Wildman–Crippen MR) is 60.6 cm³/mol. The second-order valence-electron chi connectivity index (χ2n) is 5.35. The largest absolute Gasteiger partial charge is 0.342 e. The maximum absolute atomic E-state index is 12.1. The lowest BCUT2D eigenvalue weighted by Gasteiger charge is -2.33. The molecule has 0 bridgehead atoms. The summed E-state index contributed by atoms with van der Waals surface area (Å²) in [6.07, 6.45) is 4.54. The number of carbonyl (C=O) groups excluding carboxylic acids is 1. The van der Waals surface area contributed by atoms with Crippen LogP contribution >= 0.6 is 0 Å². The molecule has 3 nitrogen and oxygen atoms in total. The van der Waals surface area contributed by atoms with Crippen LogP contribution in [-0.2, 0) is 4.79 Å². The van der Waals surface area contributed by atoms with E-state index in [-0.39, 0.29) is 5.41 Å². The molecule has 1 aliphatic heterocycles. The second kappa shape index (κ2) is 4.12. The zero-order chi connectivity index (χ0) is 10.9. The summed E-state index contributed by atoms with van der Waals surface area (Å²) in [6.45, 7) is 5.15. The van der Waals surface area contributed by atoms with Gasteiger partial charge in [-0.05, 0) is 45.2 Å². The number of amides is 1. The van der Waals surface area contributed by atoms with Crippen molar-refractivity contribution in [1.29, 1.82) is 0 Å². The van der Waals surface area contributed by atoms with Gasteiger partial charge in [0.15, 0.2) is 0 Å². The highest BCUT2D eigenvalue weighted by molar-refractivity contribution is 5.84. The van der Waals surface area contributed by atoms with Crippen LogP contribution in [0.1, 0.15) is 32.6 Å². The van der Waals surface area contributed by atoms with E-state index in [1.165, 1.54) is 12.8 Å². The van der Waals surface area contributed by atoms with Crippen LogP contribution in [0.5, 0.6) is 0 Å². The maximum atomic E-state index is 12.1. The number of hydrogen-bond acceptors (Lipinski definition) is 2. The first-order valence-corrected chi connectivity index (χ1v) is 6.10. The normalized spacial score (nSPS) is 25.3. The summed E-state index contributed by atoms with van der Waals surface area (Å²) in [5.41, 5.74) is 0.0237. The molecule has 2 fully saturated rings. The Labute approximate surface area is 92.2 Å². The summed E-state index contributed by atoms with van der Waals surface area (Å²) in [5, 5.41) is 3.22. The van der Waals surface area contributed by atoms with Crippen molar-refractivity contribution in [3.05, 3.63) is 0 Å². The fourth-order valence-electron chi connectivity index (χ4n) is 2.41. The quantitative estimate of drug-likeness (QED) is 0.760. The standard InChI is InChI=1S/C12H22N2O/c1-12(5-6-12)11(15)14-7-3-10(4-8-14)9-13-2/h10,13H,3-9H2,1-2H3. The topological polar surface area (TPSA) is 32.3 Å². The molecule has 1 N–H and O–H groups in total. The number of likely N-dealkylation sites (tertiary alicyclic amines) is 1. The molecule has 15 heavy (non-hydrogen) atoms. The summed E-state index contributed by atoms with van der Waals surface area (Å²) in [5.74, 6) is 1.18. The lowest BCUT2D eigenvalue weighted by atomic mass is 9.95. The first kappa shape index (κ1) is 10.9. The van der Waals surface area contributed by atoms with Crippen LogP contribution in [-0.4, -0.2) is 37.5 Å². The van der Waals surface area contributed by atoms with Crippen molar-refractivity contribution in [2.45, 2.75) is 32.6 Å². The summed E-state index contributed by atoms with van der Waals surface area (Å²) in [4.78, 5) is 14.1. The number of nitrogens with one attached hydrogen (secondary N) is 1. The van der Waals surface area contributed by atoms with E-state index in [4.69, 9.17) is 0 Å². The summed E-state index contributed by atoms with van der Waals surface area (Å²) in [6, 6.07) is 0. The van der Waals surface area contributed by atoms with Crippen molar-refractivity contribution < 1.29 is 4.79 Å². The lowest BCUT2D eigenvalue weighted by Crippen LogP contribution is -2.43. The van der Waals surface area contributed by atoms with E-state index >= 15 is 0 Å². The van der Waals surface area contributed by atoms with E-state index in [1.807, 2.05) is 7.05 Å². The van der Waals surface area contributed by atoms with Gasteiger partial charge in [0.25, 0.3) is 0 Å². The average Bonchev–Trinajstić information content (AvgIpc) is 2.99. The van der Waals surface area contributed by atoms with Gasteiger partial charge in [-0.25, -0.2) is 0 Å². The van der Waals surface area contributed by atoms with Crippen molar-refractivity contribution in [3.8, 4) is 0 Å². The van der Waals surface area contributed by atoms with Crippen LogP contribution in [0.2, 0.25) is 0 Å². The SMILES string of the molecule is CNCC1CCN(C(=O)C2(C)CC2)CC1. The van der Waals surface area contributed by atoms with E-state index in [2.05, 4.69) is 17.1 Å². The van der Waals surface area contributed by atoms with Gasteiger partial charge < -0.3 is 10.2 Å². The molecule has 0 radical (unpaired) electrons. The Morgan fingerprint density at radius 3 is 2.47 bits per heavy atom. The molecule has 1 saturated carbocycles. The van der Waals surface area contributed by atoms with Crippen molar-refractivity contribution in [3.63, 3.8) is 0 Å². The molecule has 1 saturated heterocycles. The lowest BCUT2D eigenvalue weighted by molar-refractivity contribution is -0.137. The summed E-state index contributed by atoms with van der Waals surface area (Å²) in [7, 11) is 2.00. The van der Waals surface area contributed by atoms with E-state index in [0.29, 0.717) is 5.91 Å². The third-order valence-electron chi connectivity index (χ3n) is 3.91. The Balaban J connectivity index is 1.80. The minimum atomic E-state index is 0.0237. The van der Waals surface area contributed by atoms with E-state index in [1.54, 1.807) is 0 Å². The van der Waals surface area contributed by atoms with Crippen LogP contribution in [0.3, 0.4) is 0 Å². The van der Waals surface area contributed by atoms with E-state index in [0.717, 1.165) is 38.4 Å². The van der Waals surface area contributed by atoms with Crippen LogP contribution in [0.25, 0.3) is 0 Å². The van der Waals surface area contributed by atoms with Crippen LogP contribution in [0, 0.1) is 11.3 Å². The Kier molecular flexibility index (Phi) is 3.01. The van der Waals surface area contributed by atoms with Gasteiger partial charge in [0, 0.05) is 18.5 Å². The number of carbonyl (C=O) groups is 1. The minimum absolute atomic E-state index is 0.0237. The summed E-state index contributed by atoms with van der Waals surface area (Å²) >= 11 is 0. The minimum Gasteiger partial charge on any atom is -0.342 e. The van der Waals surface area contributed by atoms with Crippen LogP contribution < -0.4 is 5.32 Å². The average molecular weight is 210 g/mol. The van der Waals surface area contributed by atoms with Gasteiger partial charge >= 0.3 is 0 Å². The number of piperidine rings is 1. The van der Waals surface area contributed by atoms with Crippen molar-refractivity contribution in [1.82, 2.24) is 10.2 Å². The number of nitrogens with zero attached hydrogens (tertiary/aromatic N) is 1. The Hall–Kier alpha value is -0.570. The molecular formula is C12H22N2O. The van der Waals surface area contributed by atoms with Crippen LogP contribution in [0.4, 0.5) is 0 Å². The second-order valence-corrected chi connectivity index (χ2v) is 5.35. The van der Waals surface area contributed by atoms with Gasteiger partial charge in [-0.1, -0.05) is 6.92 Å². The first-order chi connectivity index (χ1) is 7.15. The van der Waals surface area contributed by atoms with Gasteiger partial charge in [-0.3, -0.25) is 4.79 Å². The van der Waals surface area contributed by atoms with Gasteiger partial charge in [-0.2, -0.15) is 0 Å². The molecule has 0 aromatic carbocycles. The first-order valence-electron chi connectivity index (χ1n) is 6.10. The molecular weight excluding hydrogens is 188 g/mol. The van der Waals surface area contributed by atoms with Gasteiger partial charge in [0.1, 0.15) is 0 Å². The van der Waals surface area contributed by atoms with Gasteiger partial charge in [-0.15, -0.1) is 0 Å². The van der Waals surface area contributed by atoms with E-state index in [9.17, 15) is 4.79 Å².